The first-order chi connectivity index (χ1) is 19.2. The van der Waals surface area contributed by atoms with E-state index in [4.69, 9.17) is 0 Å². The lowest BCUT2D eigenvalue weighted by atomic mass is 9.87. The molecule has 1 aliphatic rings. The number of rotatable bonds is 6. The van der Waals surface area contributed by atoms with Crippen LogP contribution in [0.2, 0.25) is 0 Å². The van der Waals surface area contributed by atoms with Crippen LogP contribution in [0.15, 0.2) is 86.0 Å². The summed E-state index contributed by atoms with van der Waals surface area (Å²) in [4.78, 5) is 21.3. The Morgan fingerprint density at radius 1 is 0.821 bits per heavy atom. The van der Waals surface area contributed by atoms with Gasteiger partial charge < -0.3 is 10.3 Å². The number of anilines is 1. The van der Waals surface area contributed by atoms with E-state index < -0.39 is 0 Å². The number of aromatic nitrogens is 7. The van der Waals surface area contributed by atoms with E-state index in [1.54, 1.807) is 12.4 Å². The molecule has 8 nitrogen and oxygen atoms in total. The molecular formula is C31H28N8. The number of aromatic amines is 2. The number of pyridine rings is 4. The summed E-state index contributed by atoms with van der Waals surface area (Å²) in [6.45, 7) is 4.32. The zero-order valence-corrected chi connectivity index (χ0v) is 21.5. The Labute approximate surface area is 225 Å². The van der Waals surface area contributed by atoms with Gasteiger partial charge in [-0.15, -0.1) is 0 Å². The van der Waals surface area contributed by atoms with Gasteiger partial charge in [0.2, 0.25) is 0 Å². The lowest BCUT2D eigenvalue weighted by Gasteiger charge is -2.24. The summed E-state index contributed by atoms with van der Waals surface area (Å²) in [7, 11) is 0. The van der Waals surface area contributed by atoms with Gasteiger partial charge in [-0.3, -0.25) is 20.1 Å². The summed E-state index contributed by atoms with van der Waals surface area (Å²) in [6.07, 6.45) is 19.2. The molecule has 0 spiro atoms. The van der Waals surface area contributed by atoms with Crippen molar-refractivity contribution >= 4 is 27.6 Å². The number of fused-ring (bicyclic) bond motifs is 2. The van der Waals surface area contributed by atoms with E-state index >= 15 is 0 Å². The maximum Gasteiger partial charge on any atom is 0.181 e. The summed E-state index contributed by atoms with van der Waals surface area (Å²) >= 11 is 0. The average molecular weight is 513 g/mol. The minimum Gasteiger partial charge on any atom is -0.358 e. The smallest absolute Gasteiger partial charge is 0.181 e. The van der Waals surface area contributed by atoms with E-state index in [9.17, 15) is 0 Å². The van der Waals surface area contributed by atoms with E-state index in [2.05, 4.69) is 65.2 Å². The molecule has 1 saturated carbocycles. The molecule has 0 radical (unpaired) electrons. The van der Waals surface area contributed by atoms with E-state index in [1.807, 2.05) is 43.1 Å². The van der Waals surface area contributed by atoms with Gasteiger partial charge in [0.15, 0.2) is 5.65 Å². The maximum atomic E-state index is 4.65. The van der Waals surface area contributed by atoms with Crippen molar-refractivity contribution in [2.75, 3.05) is 5.32 Å². The number of hydrogen-bond acceptors (Lipinski definition) is 6. The van der Waals surface area contributed by atoms with Crippen molar-refractivity contribution in [3.63, 3.8) is 0 Å². The van der Waals surface area contributed by atoms with Gasteiger partial charge in [-0.1, -0.05) is 25.8 Å². The Morgan fingerprint density at radius 3 is 2.51 bits per heavy atom. The minimum atomic E-state index is 0.527. The number of H-pyrrole nitrogens is 2. The van der Waals surface area contributed by atoms with Gasteiger partial charge in [-0.05, 0) is 54.7 Å². The highest BCUT2D eigenvalue weighted by Gasteiger charge is 2.18. The summed E-state index contributed by atoms with van der Waals surface area (Å²) in [5.74, 6) is 0.527. The third-order valence-electron chi connectivity index (χ3n) is 7.69. The van der Waals surface area contributed by atoms with Crippen LogP contribution < -0.4 is 5.32 Å². The molecule has 0 aliphatic heterocycles. The molecule has 39 heavy (non-hydrogen) atoms. The summed E-state index contributed by atoms with van der Waals surface area (Å²) < 4.78 is 0. The lowest BCUT2D eigenvalue weighted by molar-refractivity contribution is 0.405. The van der Waals surface area contributed by atoms with E-state index in [1.165, 1.54) is 32.1 Å². The number of nitrogens with zero attached hydrogens (tertiary/aromatic N) is 5. The molecular weight excluding hydrogens is 484 g/mol. The lowest BCUT2D eigenvalue weighted by Crippen LogP contribution is -2.14. The third kappa shape index (κ3) is 4.44. The quantitative estimate of drug-likeness (QED) is 0.219. The van der Waals surface area contributed by atoms with E-state index in [0.29, 0.717) is 11.6 Å². The molecule has 8 heteroatoms. The van der Waals surface area contributed by atoms with Crippen molar-refractivity contribution in [2.24, 2.45) is 5.92 Å². The Bertz CT molecular complexity index is 1790. The van der Waals surface area contributed by atoms with Crippen LogP contribution in [0.25, 0.3) is 55.6 Å². The normalized spacial score (nSPS) is 14.2. The topological polar surface area (TPSA) is 108 Å². The molecule has 0 atom stereocenters. The minimum absolute atomic E-state index is 0.527. The van der Waals surface area contributed by atoms with Crippen LogP contribution >= 0.6 is 0 Å². The maximum absolute atomic E-state index is 4.65. The van der Waals surface area contributed by atoms with Crippen LogP contribution in [0.3, 0.4) is 0 Å². The van der Waals surface area contributed by atoms with Gasteiger partial charge in [0, 0.05) is 64.1 Å². The fraction of sp³-hybridized carbons (Fsp3) is 0.194. The molecule has 7 rings (SSSR count). The fourth-order valence-corrected chi connectivity index (χ4v) is 5.61. The second kappa shape index (κ2) is 9.79. The standard InChI is InChI=1S/C31H28N8/c1-19(20-5-3-2-4-6-20)36-24-11-22(14-33-16-24)23-12-26-30(38-39-31(26)35-15-23)28-13-25-27(17-34-18-29(25)37-28)21-7-9-32-10-8-21/h7-18,20,36-37H,1-6H2,(H,35,38,39). The molecule has 0 aromatic carbocycles. The van der Waals surface area contributed by atoms with Gasteiger partial charge in [0.1, 0.15) is 0 Å². The molecule has 192 valence electrons. The Balaban J connectivity index is 1.23. The number of allylic oxidation sites excluding steroid dienone is 1. The SMILES string of the molecule is C=C(Nc1cncc(-c2cnc3n[nH]c(-c4cc5c(-c6ccncc6)cncc5[nH]4)c3c2)c1)C1CCCCC1. The number of nitrogens with one attached hydrogen (secondary N) is 3. The van der Waals surface area contributed by atoms with Gasteiger partial charge in [-0.2, -0.15) is 5.10 Å². The highest BCUT2D eigenvalue weighted by Crippen LogP contribution is 2.35. The summed E-state index contributed by atoms with van der Waals surface area (Å²) in [5, 5.41) is 13.2. The van der Waals surface area contributed by atoms with Gasteiger partial charge in [-0.25, -0.2) is 4.98 Å². The van der Waals surface area contributed by atoms with Crippen LogP contribution in [-0.2, 0) is 0 Å². The van der Waals surface area contributed by atoms with Gasteiger partial charge in [0.25, 0.3) is 0 Å². The highest BCUT2D eigenvalue weighted by atomic mass is 15.2. The summed E-state index contributed by atoms with van der Waals surface area (Å²) in [5.41, 5.74) is 9.51. The van der Waals surface area contributed by atoms with E-state index in [0.717, 1.165) is 61.3 Å². The van der Waals surface area contributed by atoms with Crippen LogP contribution in [0, 0.1) is 5.92 Å². The second-order valence-electron chi connectivity index (χ2n) is 10.2. The van der Waals surface area contributed by atoms with Crippen LogP contribution in [-0.4, -0.2) is 35.1 Å². The van der Waals surface area contributed by atoms with Crippen LogP contribution in [0.4, 0.5) is 5.69 Å². The van der Waals surface area contributed by atoms with Crippen molar-refractivity contribution in [1.82, 2.24) is 35.1 Å². The first-order valence-corrected chi connectivity index (χ1v) is 13.4. The Kier molecular flexibility index (Phi) is 5.85. The predicted octanol–water partition coefficient (Wildman–Crippen LogP) is 7.13. The van der Waals surface area contributed by atoms with Crippen LogP contribution in [0.5, 0.6) is 0 Å². The van der Waals surface area contributed by atoms with Gasteiger partial charge >= 0.3 is 0 Å². The van der Waals surface area contributed by atoms with Crippen molar-refractivity contribution < 1.29 is 0 Å². The second-order valence-corrected chi connectivity index (χ2v) is 10.2. The molecule has 0 unspecified atom stereocenters. The highest BCUT2D eigenvalue weighted by molar-refractivity contribution is 6.00. The fourth-order valence-electron chi connectivity index (χ4n) is 5.61. The Hall–Kier alpha value is -4.85. The Morgan fingerprint density at radius 2 is 1.64 bits per heavy atom. The largest absolute Gasteiger partial charge is 0.358 e. The molecule has 6 aromatic heterocycles. The zero-order chi connectivity index (χ0) is 26.2. The molecule has 1 fully saturated rings. The molecule has 6 aromatic rings. The third-order valence-corrected chi connectivity index (χ3v) is 7.69. The molecule has 0 amide bonds. The monoisotopic (exact) mass is 512 g/mol. The van der Waals surface area contributed by atoms with Crippen molar-refractivity contribution in [2.45, 2.75) is 32.1 Å². The molecule has 1 aliphatic carbocycles. The van der Waals surface area contributed by atoms with E-state index in [-0.39, 0.29) is 0 Å². The van der Waals surface area contributed by atoms with Crippen molar-refractivity contribution in [1.29, 1.82) is 0 Å². The zero-order valence-electron chi connectivity index (χ0n) is 21.5. The first kappa shape index (κ1) is 23.3. The molecule has 3 N–H and O–H groups in total. The molecule has 6 heterocycles. The van der Waals surface area contributed by atoms with Crippen molar-refractivity contribution in [3.05, 3.63) is 86.0 Å². The van der Waals surface area contributed by atoms with Gasteiger partial charge in [0.05, 0.1) is 35.0 Å². The van der Waals surface area contributed by atoms with Crippen LogP contribution in [0.1, 0.15) is 32.1 Å². The first-order valence-electron chi connectivity index (χ1n) is 13.4. The van der Waals surface area contributed by atoms with Crippen molar-refractivity contribution in [3.8, 4) is 33.6 Å². The average Bonchev–Trinajstić information content (AvgIpc) is 3.62. The summed E-state index contributed by atoms with van der Waals surface area (Å²) in [6, 6.07) is 10.3. The molecule has 0 bridgehead atoms. The number of hydrogen-bond donors (Lipinski definition) is 3. The predicted molar refractivity (Wildman–Crippen MR) is 155 cm³/mol. The molecule has 0 saturated heterocycles.